The second-order valence-corrected chi connectivity index (χ2v) is 8.12. The lowest BCUT2D eigenvalue weighted by molar-refractivity contribution is 0.0952. The summed E-state index contributed by atoms with van der Waals surface area (Å²) in [5, 5.41) is 11.9. The van der Waals surface area contributed by atoms with Crippen LogP contribution in [0.5, 0.6) is 0 Å². The number of aromatic nitrogens is 3. The van der Waals surface area contributed by atoms with E-state index in [1.165, 1.54) is 0 Å². The van der Waals surface area contributed by atoms with Crippen molar-refractivity contribution in [3.63, 3.8) is 0 Å². The minimum absolute atomic E-state index is 0.00483. The van der Waals surface area contributed by atoms with E-state index in [-0.39, 0.29) is 11.9 Å². The maximum atomic E-state index is 12.8. The molecule has 29 heavy (non-hydrogen) atoms. The van der Waals surface area contributed by atoms with Crippen molar-refractivity contribution in [2.24, 2.45) is 7.05 Å². The molecule has 1 aliphatic heterocycles. The number of nitrogens with zero attached hydrogens (tertiary/aromatic N) is 4. The highest BCUT2D eigenvalue weighted by molar-refractivity contribution is 6.07. The molecule has 2 aromatic heterocycles. The zero-order chi connectivity index (χ0) is 19.8. The number of benzene rings is 1. The quantitative estimate of drug-likeness (QED) is 0.701. The van der Waals surface area contributed by atoms with Crippen molar-refractivity contribution in [2.45, 2.75) is 37.8 Å². The minimum Gasteiger partial charge on any atom is -0.367 e. The standard InChI is InChI=1S/C22H26N6O/c1-27-14-17(12-23-27)28-10-4-5-16(13-28)24-21-11-19(22(29)25-15-8-9-15)18-6-2-3-7-20(18)26-21/h2-3,6-7,11-12,14-16H,4-5,8-10,13H2,1H3,(H,24,26)(H,25,29). The van der Waals surface area contributed by atoms with Crippen molar-refractivity contribution in [3.8, 4) is 0 Å². The van der Waals surface area contributed by atoms with Crippen molar-refractivity contribution >= 4 is 28.3 Å². The molecule has 150 valence electrons. The number of piperidine rings is 1. The number of amides is 1. The van der Waals surface area contributed by atoms with E-state index in [9.17, 15) is 4.79 Å². The second-order valence-electron chi connectivity index (χ2n) is 8.12. The SMILES string of the molecule is Cn1cc(N2CCCC(Nc3cc(C(=O)NC4CC4)c4ccccc4n3)C2)cn1. The predicted octanol–water partition coefficient (Wildman–Crippen LogP) is 2.94. The van der Waals surface area contributed by atoms with E-state index in [4.69, 9.17) is 4.98 Å². The van der Waals surface area contributed by atoms with Crippen LogP contribution in [0.15, 0.2) is 42.7 Å². The van der Waals surface area contributed by atoms with Gasteiger partial charge >= 0.3 is 0 Å². The van der Waals surface area contributed by atoms with E-state index in [1.54, 1.807) is 0 Å². The highest BCUT2D eigenvalue weighted by Crippen LogP contribution is 2.26. The fourth-order valence-corrected chi connectivity index (χ4v) is 4.04. The van der Waals surface area contributed by atoms with Crippen molar-refractivity contribution in [3.05, 3.63) is 48.3 Å². The van der Waals surface area contributed by atoms with Crippen LogP contribution in [0.3, 0.4) is 0 Å². The molecule has 2 N–H and O–H groups in total. The van der Waals surface area contributed by atoms with Gasteiger partial charge in [-0.15, -0.1) is 0 Å². The summed E-state index contributed by atoms with van der Waals surface area (Å²) >= 11 is 0. The number of para-hydroxylation sites is 1. The van der Waals surface area contributed by atoms with E-state index in [2.05, 4.69) is 26.8 Å². The third-order valence-electron chi connectivity index (χ3n) is 5.70. The van der Waals surface area contributed by atoms with Crippen LogP contribution in [0.1, 0.15) is 36.0 Å². The molecule has 1 unspecified atom stereocenters. The lowest BCUT2D eigenvalue weighted by atomic mass is 10.0. The van der Waals surface area contributed by atoms with Gasteiger partial charge in [-0.2, -0.15) is 5.10 Å². The van der Waals surface area contributed by atoms with Crippen molar-refractivity contribution < 1.29 is 4.79 Å². The molecular formula is C22H26N6O. The monoisotopic (exact) mass is 390 g/mol. The number of carbonyl (C=O) groups excluding carboxylic acids is 1. The zero-order valence-electron chi connectivity index (χ0n) is 16.6. The molecule has 3 aromatic rings. The van der Waals surface area contributed by atoms with E-state index >= 15 is 0 Å². The fraction of sp³-hybridized carbons (Fsp3) is 0.409. The summed E-state index contributed by atoms with van der Waals surface area (Å²) in [6.45, 7) is 1.92. The molecule has 1 aromatic carbocycles. The first-order chi connectivity index (χ1) is 14.2. The first-order valence-electron chi connectivity index (χ1n) is 10.4. The smallest absolute Gasteiger partial charge is 0.252 e. The summed E-state index contributed by atoms with van der Waals surface area (Å²) in [5.74, 6) is 0.762. The Morgan fingerprint density at radius 3 is 2.83 bits per heavy atom. The van der Waals surface area contributed by atoms with Crippen LogP contribution < -0.4 is 15.5 Å². The first-order valence-corrected chi connectivity index (χ1v) is 10.4. The number of aryl methyl sites for hydroxylation is 1. The number of nitrogens with one attached hydrogen (secondary N) is 2. The van der Waals surface area contributed by atoms with Crippen molar-refractivity contribution in [1.82, 2.24) is 20.1 Å². The van der Waals surface area contributed by atoms with Gasteiger partial charge in [0.2, 0.25) is 0 Å². The summed E-state index contributed by atoms with van der Waals surface area (Å²) < 4.78 is 1.84. The number of pyridine rings is 1. The van der Waals surface area contributed by atoms with E-state index in [0.717, 1.165) is 61.2 Å². The van der Waals surface area contributed by atoms with Gasteiger partial charge in [-0.3, -0.25) is 9.48 Å². The Morgan fingerprint density at radius 2 is 2.03 bits per heavy atom. The first kappa shape index (κ1) is 18.0. The van der Waals surface area contributed by atoms with Gasteiger partial charge in [0.15, 0.2) is 0 Å². The van der Waals surface area contributed by atoms with Gasteiger partial charge in [0.1, 0.15) is 5.82 Å². The Labute approximate surface area is 170 Å². The van der Waals surface area contributed by atoms with Crippen LogP contribution in [-0.2, 0) is 7.05 Å². The maximum Gasteiger partial charge on any atom is 0.252 e. The number of anilines is 2. The molecule has 1 saturated carbocycles. The predicted molar refractivity (Wildman–Crippen MR) is 114 cm³/mol. The van der Waals surface area contributed by atoms with Crippen LogP contribution in [0.2, 0.25) is 0 Å². The summed E-state index contributed by atoms with van der Waals surface area (Å²) in [7, 11) is 1.94. The van der Waals surface area contributed by atoms with Crippen LogP contribution >= 0.6 is 0 Å². The normalized spacial score (nSPS) is 19.3. The van der Waals surface area contributed by atoms with Crippen LogP contribution in [-0.4, -0.2) is 45.8 Å². The molecule has 0 spiro atoms. The topological polar surface area (TPSA) is 75.1 Å². The van der Waals surface area contributed by atoms with Gasteiger partial charge in [0.05, 0.1) is 23.0 Å². The molecular weight excluding hydrogens is 364 g/mol. The summed E-state index contributed by atoms with van der Waals surface area (Å²) in [5.41, 5.74) is 2.69. The van der Waals surface area contributed by atoms with Gasteiger partial charge in [0.25, 0.3) is 5.91 Å². The fourth-order valence-electron chi connectivity index (χ4n) is 4.04. The van der Waals surface area contributed by atoms with Crippen LogP contribution in [0.25, 0.3) is 10.9 Å². The number of hydrogen-bond donors (Lipinski definition) is 2. The lowest BCUT2D eigenvalue weighted by Crippen LogP contribution is -2.42. The molecule has 0 radical (unpaired) electrons. The van der Waals surface area contributed by atoms with E-state index in [0.29, 0.717) is 11.6 Å². The lowest BCUT2D eigenvalue weighted by Gasteiger charge is -2.34. The molecule has 1 amide bonds. The molecule has 1 atom stereocenters. The number of carbonyl (C=O) groups is 1. The molecule has 5 rings (SSSR count). The summed E-state index contributed by atoms with van der Waals surface area (Å²) in [6.07, 6.45) is 8.30. The number of fused-ring (bicyclic) bond motifs is 1. The average Bonchev–Trinajstić information content (AvgIpc) is 3.44. The second kappa shape index (κ2) is 7.39. The number of hydrogen-bond acceptors (Lipinski definition) is 5. The molecule has 2 fully saturated rings. The van der Waals surface area contributed by atoms with E-state index in [1.807, 2.05) is 48.3 Å². The Kier molecular flexibility index (Phi) is 4.58. The molecule has 1 aliphatic carbocycles. The third-order valence-corrected chi connectivity index (χ3v) is 5.70. The Bertz CT molecular complexity index is 1040. The Morgan fingerprint density at radius 1 is 1.17 bits per heavy atom. The Hall–Kier alpha value is -3.09. The highest BCUT2D eigenvalue weighted by Gasteiger charge is 2.26. The highest BCUT2D eigenvalue weighted by atomic mass is 16.1. The Balaban J connectivity index is 1.38. The summed E-state index contributed by atoms with van der Waals surface area (Å²) in [4.78, 5) is 19.9. The van der Waals surface area contributed by atoms with Gasteiger partial charge in [0, 0.05) is 43.8 Å². The van der Waals surface area contributed by atoms with Gasteiger partial charge in [-0.25, -0.2) is 4.98 Å². The molecule has 7 nitrogen and oxygen atoms in total. The van der Waals surface area contributed by atoms with Crippen molar-refractivity contribution in [2.75, 3.05) is 23.3 Å². The molecule has 1 saturated heterocycles. The summed E-state index contributed by atoms with van der Waals surface area (Å²) in [6, 6.07) is 10.4. The van der Waals surface area contributed by atoms with Gasteiger partial charge in [-0.05, 0) is 37.8 Å². The number of rotatable bonds is 5. The van der Waals surface area contributed by atoms with Crippen molar-refractivity contribution in [1.29, 1.82) is 0 Å². The van der Waals surface area contributed by atoms with Gasteiger partial charge in [-0.1, -0.05) is 18.2 Å². The molecule has 0 bridgehead atoms. The molecule has 2 aliphatic rings. The molecule has 7 heteroatoms. The molecule has 3 heterocycles. The zero-order valence-corrected chi connectivity index (χ0v) is 16.6. The van der Waals surface area contributed by atoms with Crippen LogP contribution in [0.4, 0.5) is 11.5 Å². The van der Waals surface area contributed by atoms with Gasteiger partial charge < -0.3 is 15.5 Å². The maximum absolute atomic E-state index is 12.8. The minimum atomic E-state index is -0.00483. The average molecular weight is 390 g/mol. The largest absolute Gasteiger partial charge is 0.367 e. The third kappa shape index (κ3) is 3.90. The van der Waals surface area contributed by atoms with Crippen LogP contribution in [0, 0.1) is 0 Å². The van der Waals surface area contributed by atoms with E-state index < -0.39 is 0 Å².